The van der Waals surface area contributed by atoms with Crippen LogP contribution in [0.4, 0.5) is 23.1 Å². The van der Waals surface area contributed by atoms with Crippen LogP contribution in [0.3, 0.4) is 0 Å². The van der Waals surface area contributed by atoms with E-state index in [2.05, 4.69) is 65.6 Å². The molecule has 0 saturated carbocycles. The second-order valence-electron chi connectivity index (χ2n) is 7.93. The maximum absolute atomic E-state index is 11.6. The van der Waals surface area contributed by atoms with Gasteiger partial charge in [-0.05, 0) is 49.1 Å². The molecule has 0 aliphatic heterocycles. The number of carbonyl (C=O) groups is 1. The van der Waals surface area contributed by atoms with Crippen LogP contribution >= 0.6 is 0 Å². The fourth-order valence-electron chi connectivity index (χ4n) is 2.83. The van der Waals surface area contributed by atoms with Crippen molar-refractivity contribution in [3.8, 4) is 0 Å². The molecule has 5 heteroatoms. The topological polar surface area (TPSA) is 66.9 Å². The molecular weight excluding hydrogens is 348 g/mol. The molecule has 5 nitrogen and oxygen atoms in total. The van der Waals surface area contributed by atoms with Crippen LogP contribution < -0.4 is 10.6 Å². The number of rotatable bonds is 5. The summed E-state index contributed by atoms with van der Waals surface area (Å²) in [7, 11) is 0. The van der Waals surface area contributed by atoms with E-state index in [1.807, 2.05) is 25.1 Å². The minimum absolute atomic E-state index is 0.0230. The van der Waals surface area contributed by atoms with Crippen molar-refractivity contribution in [2.75, 3.05) is 10.6 Å². The number of ketones is 1. The minimum Gasteiger partial charge on any atom is -0.340 e. The van der Waals surface area contributed by atoms with E-state index in [0.29, 0.717) is 17.3 Å². The Hall–Kier alpha value is -3.21. The van der Waals surface area contributed by atoms with Crippen molar-refractivity contribution in [2.24, 2.45) is 0 Å². The maximum Gasteiger partial charge on any atom is 0.229 e. The summed E-state index contributed by atoms with van der Waals surface area (Å²) in [6, 6.07) is 17.6. The molecule has 0 bridgehead atoms. The van der Waals surface area contributed by atoms with E-state index in [9.17, 15) is 4.79 Å². The Labute approximate surface area is 166 Å². The average molecular weight is 374 g/mol. The monoisotopic (exact) mass is 374 g/mol. The largest absolute Gasteiger partial charge is 0.340 e. The smallest absolute Gasteiger partial charge is 0.229 e. The third-order valence-corrected chi connectivity index (χ3v) is 4.40. The van der Waals surface area contributed by atoms with Crippen LogP contribution in [0.2, 0.25) is 0 Å². The van der Waals surface area contributed by atoms with Crippen LogP contribution in [0.5, 0.6) is 0 Å². The van der Waals surface area contributed by atoms with Crippen molar-refractivity contribution in [1.82, 2.24) is 9.97 Å². The Morgan fingerprint density at radius 2 is 1.61 bits per heavy atom. The van der Waals surface area contributed by atoms with Gasteiger partial charge in [-0.2, -0.15) is 4.98 Å². The van der Waals surface area contributed by atoms with Gasteiger partial charge in [-0.3, -0.25) is 4.79 Å². The number of anilines is 4. The van der Waals surface area contributed by atoms with E-state index in [1.54, 1.807) is 19.1 Å². The number of nitrogens with one attached hydrogen (secondary N) is 2. The number of Topliss-reactive ketones (excluding diaryl/α,β-unsaturated/α-hetero) is 1. The third kappa shape index (κ3) is 4.94. The number of hydrogen-bond donors (Lipinski definition) is 2. The molecule has 28 heavy (non-hydrogen) atoms. The molecule has 0 aliphatic rings. The standard InChI is InChI=1S/C23H26N4O/c1-15-13-21(25-19-11-9-18(10-12-19)23(3,4)5)27-22(24-15)26-20-8-6-7-17(14-20)16(2)28/h6-14H,1-5H3,(H2,24,25,26,27). The highest BCUT2D eigenvalue weighted by atomic mass is 16.1. The van der Waals surface area contributed by atoms with Crippen LogP contribution in [0.1, 0.15) is 49.3 Å². The van der Waals surface area contributed by atoms with Crippen molar-refractivity contribution in [3.63, 3.8) is 0 Å². The molecule has 0 saturated heterocycles. The number of aryl methyl sites for hydroxylation is 1. The Kier molecular flexibility index (Phi) is 5.45. The lowest BCUT2D eigenvalue weighted by Crippen LogP contribution is -2.10. The van der Waals surface area contributed by atoms with Crippen molar-refractivity contribution in [3.05, 3.63) is 71.4 Å². The molecule has 0 unspecified atom stereocenters. The summed E-state index contributed by atoms with van der Waals surface area (Å²) >= 11 is 0. The Morgan fingerprint density at radius 3 is 2.25 bits per heavy atom. The number of hydrogen-bond acceptors (Lipinski definition) is 5. The van der Waals surface area contributed by atoms with Crippen molar-refractivity contribution in [2.45, 2.75) is 40.0 Å². The molecule has 1 heterocycles. The Balaban J connectivity index is 1.80. The highest BCUT2D eigenvalue weighted by molar-refractivity contribution is 5.95. The van der Waals surface area contributed by atoms with Gasteiger partial charge in [0.1, 0.15) is 5.82 Å². The van der Waals surface area contributed by atoms with Gasteiger partial charge in [0.25, 0.3) is 0 Å². The summed E-state index contributed by atoms with van der Waals surface area (Å²) in [5.41, 5.74) is 4.64. The highest BCUT2D eigenvalue weighted by Crippen LogP contribution is 2.25. The van der Waals surface area contributed by atoms with E-state index >= 15 is 0 Å². The van der Waals surface area contributed by atoms with Gasteiger partial charge in [0, 0.05) is 28.7 Å². The van der Waals surface area contributed by atoms with E-state index in [0.717, 1.165) is 17.1 Å². The van der Waals surface area contributed by atoms with Gasteiger partial charge in [0.05, 0.1) is 0 Å². The van der Waals surface area contributed by atoms with Crippen LogP contribution in [-0.4, -0.2) is 15.8 Å². The van der Waals surface area contributed by atoms with E-state index < -0.39 is 0 Å². The fraction of sp³-hybridized carbons (Fsp3) is 0.261. The second kappa shape index (κ2) is 7.80. The normalized spacial score (nSPS) is 11.2. The summed E-state index contributed by atoms with van der Waals surface area (Å²) < 4.78 is 0. The SMILES string of the molecule is CC(=O)c1cccc(Nc2nc(C)cc(Nc3ccc(C(C)(C)C)cc3)n2)c1. The van der Waals surface area contributed by atoms with Gasteiger partial charge in [-0.1, -0.05) is 45.0 Å². The molecule has 2 aromatic carbocycles. The summed E-state index contributed by atoms with van der Waals surface area (Å²) in [6.45, 7) is 10.1. The van der Waals surface area contributed by atoms with Gasteiger partial charge in [0.15, 0.2) is 5.78 Å². The van der Waals surface area contributed by atoms with Gasteiger partial charge in [-0.25, -0.2) is 4.98 Å². The quantitative estimate of drug-likeness (QED) is 0.555. The predicted octanol–water partition coefficient (Wildman–Crippen LogP) is 5.77. The molecule has 0 aliphatic carbocycles. The molecule has 3 aromatic rings. The average Bonchev–Trinajstić information content (AvgIpc) is 2.61. The summed E-state index contributed by atoms with van der Waals surface area (Å²) in [5.74, 6) is 1.21. The lowest BCUT2D eigenvalue weighted by molar-refractivity contribution is 0.101. The lowest BCUT2D eigenvalue weighted by Gasteiger charge is -2.19. The predicted molar refractivity (Wildman–Crippen MR) is 115 cm³/mol. The number of benzene rings is 2. The Bertz CT molecular complexity index is 988. The molecule has 0 radical (unpaired) electrons. The summed E-state index contributed by atoms with van der Waals surface area (Å²) in [6.07, 6.45) is 0. The summed E-state index contributed by atoms with van der Waals surface area (Å²) in [4.78, 5) is 20.6. The number of aromatic nitrogens is 2. The molecule has 1 aromatic heterocycles. The lowest BCUT2D eigenvalue weighted by atomic mass is 9.87. The van der Waals surface area contributed by atoms with Crippen LogP contribution in [0.25, 0.3) is 0 Å². The molecule has 0 fully saturated rings. The van der Waals surface area contributed by atoms with Crippen molar-refractivity contribution >= 4 is 28.9 Å². The summed E-state index contributed by atoms with van der Waals surface area (Å²) in [5, 5.41) is 6.51. The van der Waals surface area contributed by atoms with Crippen molar-refractivity contribution < 1.29 is 4.79 Å². The molecule has 144 valence electrons. The first-order valence-electron chi connectivity index (χ1n) is 9.32. The zero-order chi connectivity index (χ0) is 20.3. The van der Waals surface area contributed by atoms with E-state index in [1.165, 1.54) is 5.56 Å². The fourth-order valence-corrected chi connectivity index (χ4v) is 2.83. The zero-order valence-electron chi connectivity index (χ0n) is 17.0. The number of carbonyl (C=O) groups excluding carboxylic acids is 1. The van der Waals surface area contributed by atoms with Crippen LogP contribution in [-0.2, 0) is 5.41 Å². The van der Waals surface area contributed by atoms with Crippen LogP contribution in [0.15, 0.2) is 54.6 Å². The van der Waals surface area contributed by atoms with Crippen LogP contribution in [0, 0.1) is 6.92 Å². The van der Waals surface area contributed by atoms with Gasteiger partial charge in [-0.15, -0.1) is 0 Å². The first-order chi connectivity index (χ1) is 13.2. The van der Waals surface area contributed by atoms with E-state index in [-0.39, 0.29) is 11.2 Å². The molecule has 0 spiro atoms. The highest BCUT2D eigenvalue weighted by Gasteiger charge is 2.13. The van der Waals surface area contributed by atoms with Crippen molar-refractivity contribution in [1.29, 1.82) is 0 Å². The molecule has 2 N–H and O–H groups in total. The van der Waals surface area contributed by atoms with Gasteiger partial charge in [0.2, 0.25) is 5.95 Å². The first kappa shape index (κ1) is 19.5. The minimum atomic E-state index is 0.0230. The molecule has 0 amide bonds. The van der Waals surface area contributed by atoms with E-state index in [4.69, 9.17) is 0 Å². The third-order valence-electron chi connectivity index (χ3n) is 4.40. The number of nitrogens with zero attached hydrogens (tertiary/aromatic N) is 2. The Morgan fingerprint density at radius 1 is 0.893 bits per heavy atom. The molecular formula is C23H26N4O. The first-order valence-corrected chi connectivity index (χ1v) is 9.32. The van der Waals surface area contributed by atoms with Gasteiger partial charge >= 0.3 is 0 Å². The second-order valence-corrected chi connectivity index (χ2v) is 7.93. The molecule has 0 atom stereocenters. The van der Waals surface area contributed by atoms with Gasteiger partial charge < -0.3 is 10.6 Å². The zero-order valence-corrected chi connectivity index (χ0v) is 17.0. The molecule has 3 rings (SSSR count). The maximum atomic E-state index is 11.6.